The summed E-state index contributed by atoms with van der Waals surface area (Å²) in [6, 6.07) is 10.1. The predicted molar refractivity (Wildman–Crippen MR) is 89.8 cm³/mol. The average molecular weight is 414 g/mol. The van der Waals surface area contributed by atoms with Crippen molar-refractivity contribution >= 4 is 49.1 Å². The minimum Gasteiger partial charge on any atom is -0.367 e. The number of aromatic nitrogens is 1. The maximum atomic E-state index is 5.96. The van der Waals surface area contributed by atoms with Crippen LogP contribution < -0.4 is 5.73 Å². The molecule has 0 amide bonds. The van der Waals surface area contributed by atoms with E-state index in [9.17, 15) is 0 Å². The predicted octanol–water partition coefficient (Wildman–Crippen LogP) is 5.49. The van der Waals surface area contributed by atoms with Gasteiger partial charge in [-0.3, -0.25) is 0 Å². The lowest BCUT2D eigenvalue weighted by Crippen LogP contribution is -1.87. The fraction of sp³-hybridized carbons (Fsp3) is 0.0714. The molecule has 1 aromatic carbocycles. The fourth-order valence-corrected chi connectivity index (χ4v) is 4.04. The van der Waals surface area contributed by atoms with Gasteiger partial charge in [0.2, 0.25) is 5.88 Å². The number of rotatable bonds is 2. The normalized spacial score (nSPS) is 10.9. The first-order valence-electron chi connectivity index (χ1n) is 5.83. The highest BCUT2D eigenvalue weighted by atomic mass is 79.9. The van der Waals surface area contributed by atoms with Crippen LogP contribution in [0.3, 0.4) is 0 Å². The Kier molecular flexibility index (Phi) is 3.70. The minimum atomic E-state index is 0.339. The molecule has 3 aromatic rings. The summed E-state index contributed by atoms with van der Waals surface area (Å²) in [4.78, 5) is 1.00. The van der Waals surface area contributed by atoms with Crippen molar-refractivity contribution in [2.24, 2.45) is 0 Å². The molecule has 0 atom stereocenters. The van der Waals surface area contributed by atoms with E-state index in [1.165, 1.54) is 5.56 Å². The van der Waals surface area contributed by atoms with Gasteiger partial charge in [0.1, 0.15) is 5.69 Å². The lowest BCUT2D eigenvalue weighted by atomic mass is 10.0. The molecule has 0 bridgehead atoms. The van der Waals surface area contributed by atoms with Gasteiger partial charge in [-0.15, -0.1) is 11.3 Å². The lowest BCUT2D eigenvalue weighted by Gasteiger charge is -2.02. The third-order valence-corrected chi connectivity index (χ3v) is 6.17. The Labute approximate surface area is 137 Å². The molecule has 0 aliphatic carbocycles. The van der Waals surface area contributed by atoms with Gasteiger partial charge in [-0.2, -0.15) is 0 Å². The van der Waals surface area contributed by atoms with Crippen molar-refractivity contribution in [2.75, 3.05) is 5.73 Å². The van der Waals surface area contributed by atoms with Crippen LogP contribution in [0, 0.1) is 6.92 Å². The number of hydrogen-bond donors (Lipinski definition) is 1. The number of nitrogens with two attached hydrogens (primary N) is 1. The zero-order chi connectivity index (χ0) is 14.3. The molecule has 102 valence electrons. The van der Waals surface area contributed by atoms with Crippen molar-refractivity contribution in [3.8, 4) is 21.7 Å². The van der Waals surface area contributed by atoms with Crippen LogP contribution in [-0.2, 0) is 0 Å². The highest BCUT2D eigenvalue weighted by Gasteiger charge is 2.20. The lowest BCUT2D eigenvalue weighted by molar-refractivity contribution is 0.439. The van der Waals surface area contributed by atoms with Crippen molar-refractivity contribution in [3.63, 3.8) is 0 Å². The first kappa shape index (κ1) is 13.9. The fourth-order valence-electron chi connectivity index (χ4n) is 2.01. The average Bonchev–Trinajstić information content (AvgIpc) is 2.93. The molecule has 0 aliphatic heterocycles. The van der Waals surface area contributed by atoms with Gasteiger partial charge in [-0.25, -0.2) is 0 Å². The van der Waals surface area contributed by atoms with E-state index in [1.54, 1.807) is 11.3 Å². The van der Waals surface area contributed by atoms with Gasteiger partial charge < -0.3 is 10.3 Å². The second-order valence-electron chi connectivity index (χ2n) is 4.37. The van der Waals surface area contributed by atoms with Crippen molar-refractivity contribution in [2.45, 2.75) is 6.92 Å². The molecule has 0 aliphatic rings. The molecular formula is C14H10Br2N2OS. The van der Waals surface area contributed by atoms with E-state index in [4.69, 9.17) is 10.3 Å². The highest BCUT2D eigenvalue weighted by Crippen LogP contribution is 2.43. The van der Waals surface area contributed by atoms with Crippen molar-refractivity contribution in [1.82, 2.24) is 5.16 Å². The Bertz CT molecular complexity index is 760. The van der Waals surface area contributed by atoms with Crippen LogP contribution in [0.15, 0.2) is 43.1 Å². The summed E-state index contributed by atoms with van der Waals surface area (Å²) in [6.45, 7) is 2.05. The molecular weight excluding hydrogens is 404 g/mol. The van der Waals surface area contributed by atoms with E-state index < -0.39 is 0 Å². The number of thiophene rings is 1. The maximum Gasteiger partial charge on any atom is 0.230 e. The van der Waals surface area contributed by atoms with Gasteiger partial charge >= 0.3 is 0 Å². The van der Waals surface area contributed by atoms with E-state index in [1.807, 2.05) is 31.2 Å². The number of hydrogen-bond acceptors (Lipinski definition) is 4. The second-order valence-corrected chi connectivity index (χ2v) is 7.60. The molecule has 0 fully saturated rings. The van der Waals surface area contributed by atoms with Crippen molar-refractivity contribution in [3.05, 3.63) is 44.2 Å². The van der Waals surface area contributed by atoms with Crippen molar-refractivity contribution in [1.29, 1.82) is 0 Å². The van der Waals surface area contributed by atoms with Crippen molar-refractivity contribution < 1.29 is 4.52 Å². The van der Waals surface area contributed by atoms with E-state index in [2.05, 4.69) is 43.1 Å². The number of nitrogens with zero attached hydrogens (tertiary/aromatic N) is 1. The molecule has 6 heteroatoms. The standard InChI is InChI=1S/C14H10Br2N2OS/c1-7-3-2-4-8(5-7)11-12(18-19-14(11)17)10-6-9(15)13(16)20-10/h2-6H,17H2,1H3. The quantitative estimate of drug-likeness (QED) is 0.604. The topological polar surface area (TPSA) is 52.0 Å². The molecule has 0 unspecified atom stereocenters. The van der Waals surface area contributed by atoms with Gasteiger partial charge in [0.05, 0.1) is 14.2 Å². The molecule has 3 nitrogen and oxygen atoms in total. The first-order valence-corrected chi connectivity index (χ1v) is 8.24. The molecule has 0 radical (unpaired) electrons. The second kappa shape index (κ2) is 5.35. The molecule has 20 heavy (non-hydrogen) atoms. The van der Waals surface area contributed by atoms with Crippen LogP contribution in [0.5, 0.6) is 0 Å². The van der Waals surface area contributed by atoms with Crippen LogP contribution in [0.4, 0.5) is 5.88 Å². The Morgan fingerprint density at radius 1 is 1.25 bits per heavy atom. The summed E-state index contributed by atoms with van der Waals surface area (Å²) >= 11 is 8.57. The van der Waals surface area contributed by atoms with Crippen LogP contribution in [-0.4, -0.2) is 5.16 Å². The molecule has 2 aromatic heterocycles. The SMILES string of the molecule is Cc1cccc(-c2c(-c3cc(Br)c(Br)s3)noc2N)c1. The number of benzene rings is 1. The Balaban J connectivity index is 2.19. The number of anilines is 1. The Hall–Kier alpha value is -1.11. The molecule has 0 saturated heterocycles. The third kappa shape index (κ3) is 2.43. The number of nitrogen functional groups attached to an aromatic ring is 1. The van der Waals surface area contributed by atoms with Crippen LogP contribution in [0.2, 0.25) is 0 Å². The summed E-state index contributed by atoms with van der Waals surface area (Å²) in [5.74, 6) is 0.339. The van der Waals surface area contributed by atoms with E-state index in [-0.39, 0.29) is 0 Å². The summed E-state index contributed by atoms with van der Waals surface area (Å²) in [5.41, 5.74) is 9.75. The zero-order valence-electron chi connectivity index (χ0n) is 10.5. The summed E-state index contributed by atoms with van der Waals surface area (Å²) < 4.78 is 7.21. The van der Waals surface area contributed by atoms with Gasteiger partial charge in [0, 0.05) is 4.47 Å². The molecule has 2 N–H and O–H groups in total. The Morgan fingerprint density at radius 2 is 2.05 bits per heavy atom. The van der Waals surface area contributed by atoms with E-state index >= 15 is 0 Å². The molecule has 0 spiro atoms. The Morgan fingerprint density at radius 3 is 2.70 bits per heavy atom. The minimum absolute atomic E-state index is 0.339. The largest absolute Gasteiger partial charge is 0.367 e. The molecule has 3 rings (SSSR count). The zero-order valence-corrected chi connectivity index (χ0v) is 14.5. The smallest absolute Gasteiger partial charge is 0.230 e. The highest BCUT2D eigenvalue weighted by molar-refractivity contribution is 9.13. The molecule has 2 heterocycles. The number of halogens is 2. The van der Waals surface area contributed by atoms with Gasteiger partial charge in [-0.05, 0) is 50.4 Å². The van der Waals surface area contributed by atoms with Gasteiger partial charge in [0.25, 0.3) is 0 Å². The summed E-state index contributed by atoms with van der Waals surface area (Å²) in [6.07, 6.45) is 0. The van der Waals surface area contributed by atoms with Gasteiger partial charge in [-0.1, -0.05) is 35.0 Å². The van der Waals surface area contributed by atoms with Gasteiger partial charge in [0.15, 0.2) is 0 Å². The first-order chi connectivity index (χ1) is 9.56. The van der Waals surface area contributed by atoms with Crippen LogP contribution in [0.25, 0.3) is 21.7 Å². The van der Waals surface area contributed by atoms with E-state index in [0.717, 1.165) is 30.0 Å². The maximum absolute atomic E-state index is 5.96. The molecule has 0 saturated carbocycles. The summed E-state index contributed by atoms with van der Waals surface area (Å²) in [7, 11) is 0. The van der Waals surface area contributed by atoms with Crippen LogP contribution >= 0.6 is 43.2 Å². The third-order valence-electron chi connectivity index (χ3n) is 2.90. The van der Waals surface area contributed by atoms with E-state index in [0.29, 0.717) is 5.88 Å². The monoisotopic (exact) mass is 412 g/mol. The van der Waals surface area contributed by atoms with Crippen LogP contribution in [0.1, 0.15) is 5.56 Å². The number of aryl methyl sites for hydroxylation is 1. The summed E-state index contributed by atoms with van der Waals surface area (Å²) in [5, 5.41) is 4.12.